The topological polar surface area (TPSA) is 78.0 Å². The normalized spacial score (nSPS) is 20.1. The van der Waals surface area contributed by atoms with Gasteiger partial charge >= 0.3 is 0 Å². The fourth-order valence-electron chi connectivity index (χ4n) is 3.78. The molecule has 2 atom stereocenters. The fraction of sp³-hybridized carbons (Fsp3) is 0.364. The highest BCUT2D eigenvalue weighted by Crippen LogP contribution is 2.36. The molecule has 2 aliphatic heterocycles. The summed E-state index contributed by atoms with van der Waals surface area (Å²) in [6, 6.07) is 11.7. The number of nitrogens with zero attached hydrogens (tertiary/aromatic N) is 3. The number of likely N-dealkylation sites (N-methyl/N-ethyl adjacent to an activating group) is 1. The molecular weight excluding hydrogens is 433 g/mol. The van der Waals surface area contributed by atoms with E-state index in [4.69, 9.17) is 9.57 Å². The van der Waals surface area contributed by atoms with Crippen LogP contribution >= 0.6 is 9.24 Å². The maximum Gasteiger partial charge on any atom is 0.255 e. The van der Waals surface area contributed by atoms with Gasteiger partial charge in [-0.3, -0.25) is 4.79 Å². The van der Waals surface area contributed by atoms with Crippen molar-refractivity contribution in [1.82, 2.24) is 14.9 Å². The first kappa shape index (κ1) is 22.1. The number of hydrogen-bond acceptors (Lipinski definition) is 6. The zero-order chi connectivity index (χ0) is 22.0. The Labute approximate surface area is 187 Å². The highest BCUT2D eigenvalue weighted by Gasteiger charge is 2.32. The number of amides is 1. The Bertz CT molecular complexity index is 960. The number of ether oxygens (including phenoxy) is 1. The molecule has 2 aliphatic rings. The van der Waals surface area contributed by atoms with Gasteiger partial charge in [-0.1, -0.05) is 35.4 Å². The van der Waals surface area contributed by atoms with Crippen LogP contribution in [0, 0.1) is 0 Å². The second-order valence-corrected chi connectivity index (χ2v) is 9.96. The number of hydrogen-bond donors (Lipinski definition) is 0. The smallest absolute Gasteiger partial charge is 0.255 e. The third kappa shape index (κ3) is 5.04. The molecule has 7 nitrogen and oxygen atoms in total. The van der Waals surface area contributed by atoms with Crippen LogP contribution in [0.1, 0.15) is 28.9 Å². The van der Waals surface area contributed by atoms with Gasteiger partial charge in [-0.2, -0.15) is 0 Å². The molecule has 0 aliphatic carbocycles. The zero-order valence-electron chi connectivity index (χ0n) is 17.6. The van der Waals surface area contributed by atoms with E-state index < -0.39 is 11.2 Å². The third-order valence-electron chi connectivity index (χ3n) is 5.50. The Morgan fingerprint density at radius 2 is 1.97 bits per heavy atom. The number of benzene rings is 1. The van der Waals surface area contributed by atoms with Crippen LogP contribution in [0.15, 0.2) is 53.9 Å². The summed E-state index contributed by atoms with van der Waals surface area (Å²) in [6.45, 7) is 3.30. The van der Waals surface area contributed by atoms with E-state index in [0.29, 0.717) is 42.6 Å². The molecule has 2 unspecified atom stereocenters. The van der Waals surface area contributed by atoms with Crippen molar-refractivity contribution >= 4 is 31.6 Å². The molecule has 1 aromatic heterocycles. The summed E-state index contributed by atoms with van der Waals surface area (Å²) < 4.78 is 17.4. The van der Waals surface area contributed by atoms with Gasteiger partial charge in [0.1, 0.15) is 23.9 Å². The standard InChI is InChI=1S/C22H26N3O4PS/c1-15-19(21(24(2)29-15)16-3-6-18(30)7-4-16)14-28-20-8-5-17(13-23-20)22(26)25-9-11-31(27)12-10-25/h3-8,13,21H,9-12,14,30H2,1-2H3. The lowest BCUT2D eigenvalue weighted by Gasteiger charge is -2.28. The second-order valence-electron chi connectivity index (χ2n) is 7.60. The van der Waals surface area contributed by atoms with Crippen molar-refractivity contribution < 1.29 is 18.9 Å². The zero-order valence-corrected chi connectivity index (χ0v) is 19.6. The number of rotatable bonds is 5. The maximum absolute atomic E-state index is 12.6. The monoisotopic (exact) mass is 459 g/mol. The third-order valence-corrected chi connectivity index (χ3v) is 7.16. The highest BCUT2D eigenvalue weighted by atomic mass is 32.2. The van der Waals surface area contributed by atoms with E-state index in [1.165, 1.54) is 6.20 Å². The van der Waals surface area contributed by atoms with Crippen LogP contribution in [-0.4, -0.2) is 63.7 Å². The molecule has 0 radical (unpaired) electrons. The summed E-state index contributed by atoms with van der Waals surface area (Å²) in [6.07, 6.45) is 1.54. The molecule has 0 saturated carbocycles. The van der Waals surface area contributed by atoms with Crippen LogP contribution < -0.4 is 10.0 Å². The summed E-state index contributed by atoms with van der Waals surface area (Å²) >= 11 is -0.814. The van der Waals surface area contributed by atoms with Gasteiger partial charge in [-0.15, -0.1) is 14.3 Å². The van der Waals surface area contributed by atoms with Crippen LogP contribution in [0.5, 0.6) is 5.88 Å². The lowest BCUT2D eigenvalue weighted by molar-refractivity contribution is -0.0948. The Balaban J connectivity index is 1.40. The summed E-state index contributed by atoms with van der Waals surface area (Å²) in [7, 11) is 4.60. The SMILES string of the molecule is CC1=C(COc2ccc(C(=O)N3CC[S+]([O-])CC3)cn2)C(c2ccc(P)cc2)N(C)O1. The molecule has 4 rings (SSSR count). The molecule has 164 valence electrons. The van der Waals surface area contributed by atoms with Gasteiger partial charge in [0.2, 0.25) is 5.88 Å². The minimum Gasteiger partial charge on any atom is -0.616 e. The van der Waals surface area contributed by atoms with E-state index in [9.17, 15) is 9.35 Å². The molecular formula is C22H26N3O4PS. The van der Waals surface area contributed by atoms with Gasteiger partial charge in [-0.25, -0.2) is 4.98 Å². The Morgan fingerprint density at radius 1 is 1.26 bits per heavy atom. The van der Waals surface area contributed by atoms with E-state index >= 15 is 0 Å². The van der Waals surface area contributed by atoms with Crippen LogP contribution in [0.3, 0.4) is 0 Å². The molecule has 0 spiro atoms. The molecule has 2 aromatic rings. The molecule has 1 saturated heterocycles. The first-order chi connectivity index (χ1) is 14.9. The summed E-state index contributed by atoms with van der Waals surface area (Å²) in [4.78, 5) is 24.5. The first-order valence-electron chi connectivity index (χ1n) is 10.1. The van der Waals surface area contributed by atoms with Crippen molar-refractivity contribution in [1.29, 1.82) is 0 Å². The van der Waals surface area contributed by atoms with Gasteiger partial charge in [0.25, 0.3) is 5.91 Å². The molecule has 0 bridgehead atoms. The van der Waals surface area contributed by atoms with E-state index in [1.807, 2.05) is 19.0 Å². The van der Waals surface area contributed by atoms with E-state index in [1.54, 1.807) is 17.0 Å². The van der Waals surface area contributed by atoms with Crippen molar-refractivity contribution in [2.45, 2.75) is 13.0 Å². The summed E-state index contributed by atoms with van der Waals surface area (Å²) in [5.74, 6) is 2.25. The molecule has 3 heterocycles. The van der Waals surface area contributed by atoms with Crippen molar-refractivity contribution in [2.75, 3.05) is 38.2 Å². The lowest BCUT2D eigenvalue weighted by Crippen LogP contribution is -2.43. The molecule has 0 N–H and O–H groups in total. The maximum atomic E-state index is 12.6. The average molecular weight is 460 g/mol. The van der Waals surface area contributed by atoms with Crippen molar-refractivity contribution in [2.24, 2.45) is 0 Å². The van der Waals surface area contributed by atoms with Gasteiger partial charge in [0, 0.05) is 24.9 Å². The Kier molecular flexibility index (Phi) is 6.82. The quantitative estimate of drug-likeness (QED) is 0.503. The molecule has 31 heavy (non-hydrogen) atoms. The van der Waals surface area contributed by atoms with E-state index in [-0.39, 0.29) is 11.9 Å². The fourth-order valence-corrected chi connectivity index (χ4v) is 5.02. The Morgan fingerprint density at radius 3 is 2.61 bits per heavy atom. The number of pyridine rings is 1. The van der Waals surface area contributed by atoms with E-state index in [0.717, 1.165) is 22.2 Å². The summed E-state index contributed by atoms with van der Waals surface area (Å²) in [5.41, 5.74) is 2.66. The minimum atomic E-state index is -0.814. The number of carbonyl (C=O) groups excluding carboxylic acids is 1. The van der Waals surface area contributed by atoms with Crippen LogP contribution in [-0.2, 0) is 16.0 Å². The molecule has 1 fully saturated rings. The molecule has 1 amide bonds. The minimum absolute atomic E-state index is 0.0314. The van der Waals surface area contributed by atoms with Gasteiger partial charge in [-0.05, 0) is 23.9 Å². The van der Waals surface area contributed by atoms with Gasteiger partial charge in [0.15, 0.2) is 0 Å². The number of carbonyl (C=O) groups is 1. The van der Waals surface area contributed by atoms with Crippen LogP contribution in [0.4, 0.5) is 0 Å². The van der Waals surface area contributed by atoms with E-state index in [2.05, 4.69) is 38.5 Å². The molecule has 9 heteroatoms. The van der Waals surface area contributed by atoms with Crippen molar-refractivity contribution in [3.63, 3.8) is 0 Å². The van der Waals surface area contributed by atoms with Crippen LogP contribution in [0.2, 0.25) is 0 Å². The number of allylic oxidation sites excluding steroid dienone is 1. The predicted molar refractivity (Wildman–Crippen MR) is 124 cm³/mol. The largest absolute Gasteiger partial charge is 0.616 e. The molecule has 1 aromatic carbocycles. The number of aromatic nitrogens is 1. The average Bonchev–Trinajstić information content (AvgIpc) is 3.06. The van der Waals surface area contributed by atoms with Gasteiger partial charge in [0.05, 0.1) is 24.7 Å². The van der Waals surface area contributed by atoms with Gasteiger partial charge < -0.3 is 19.0 Å². The highest BCUT2D eigenvalue weighted by molar-refractivity contribution is 7.91. The van der Waals surface area contributed by atoms with Crippen molar-refractivity contribution in [3.05, 3.63) is 65.1 Å². The van der Waals surface area contributed by atoms with Crippen LogP contribution in [0.25, 0.3) is 0 Å². The lowest BCUT2D eigenvalue weighted by atomic mass is 9.99. The Hall–Kier alpha value is -2.12. The second kappa shape index (κ2) is 9.57. The first-order valence-corrected chi connectivity index (χ1v) is 12.2. The summed E-state index contributed by atoms with van der Waals surface area (Å²) in [5, 5.41) is 2.95. The van der Waals surface area contributed by atoms with Crippen molar-refractivity contribution in [3.8, 4) is 5.88 Å². The predicted octanol–water partition coefficient (Wildman–Crippen LogP) is 2.06. The number of hydroxylamine groups is 2.